The fourth-order valence-electron chi connectivity index (χ4n) is 3.88. The number of carbonyl (C=O) groups excluding carboxylic acids is 1. The quantitative estimate of drug-likeness (QED) is 0.250. The van der Waals surface area contributed by atoms with Crippen molar-refractivity contribution < 1.29 is 19.0 Å². The molecule has 4 aromatic rings. The lowest BCUT2D eigenvalue weighted by Gasteiger charge is -2.12. The number of methoxy groups -OCH3 is 1. The molecule has 0 amide bonds. The van der Waals surface area contributed by atoms with Crippen LogP contribution in [0.2, 0.25) is 0 Å². The van der Waals surface area contributed by atoms with E-state index >= 15 is 0 Å². The summed E-state index contributed by atoms with van der Waals surface area (Å²) >= 11 is 0. The molecule has 0 aliphatic rings. The predicted octanol–water partition coefficient (Wildman–Crippen LogP) is 6.96. The topological polar surface area (TPSA) is 44.8 Å². The average molecular weight is 467 g/mol. The van der Waals surface area contributed by atoms with Gasteiger partial charge in [-0.3, -0.25) is 0 Å². The zero-order valence-electron chi connectivity index (χ0n) is 20.4. The van der Waals surface area contributed by atoms with E-state index in [1.807, 2.05) is 67.6 Å². The summed E-state index contributed by atoms with van der Waals surface area (Å²) in [6, 6.07) is 30.1. The summed E-state index contributed by atoms with van der Waals surface area (Å²) in [5.74, 6) is 1.31. The van der Waals surface area contributed by atoms with Crippen LogP contribution in [0.3, 0.4) is 0 Å². The molecule has 0 fully saturated rings. The van der Waals surface area contributed by atoms with Crippen molar-refractivity contribution in [3.8, 4) is 22.6 Å². The highest BCUT2D eigenvalue weighted by atomic mass is 16.5. The lowest BCUT2D eigenvalue weighted by molar-refractivity contribution is 0.0600. The van der Waals surface area contributed by atoms with Gasteiger partial charge in [-0.1, -0.05) is 60.2 Å². The summed E-state index contributed by atoms with van der Waals surface area (Å²) in [5.41, 5.74) is 7.25. The molecular formula is C31H30O4. The Labute approximate surface area is 207 Å². The van der Waals surface area contributed by atoms with Gasteiger partial charge in [0.2, 0.25) is 0 Å². The van der Waals surface area contributed by atoms with Crippen LogP contribution in [-0.4, -0.2) is 19.7 Å². The average Bonchev–Trinajstić information content (AvgIpc) is 2.89. The van der Waals surface area contributed by atoms with Crippen molar-refractivity contribution in [2.45, 2.75) is 26.9 Å². The van der Waals surface area contributed by atoms with Crippen LogP contribution in [0.15, 0.2) is 91.0 Å². The zero-order chi connectivity index (χ0) is 24.6. The van der Waals surface area contributed by atoms with Gasteiger partial charge in [0.15, 0.2) is 0 Å². The number of esters is 1. The molecule has 0 aromatic heterocycles. The largest absolute Gasteiger partial charge is 0.493 e. The summed E-state index contributed by atoms with van der Waals surface area (Å²) in [4.78, 5) is 11.8. The van der Waals surface area contributed by atoms with E-state index < -0.39 is 0 Å². The van der Waals surface area contributed by atoms with Gasteiger partial charge in [0, 0.05) is 6.42 Å². The van der Waals surface area contributed by atoms with Crippen molar-refractivity contribution in [1.82, 2.24) is 0 Å². The van der Waals surface area contributed by atoms with Gasteiger partial charge in [0.1, 0.15) is 18.1 Å². The first kappa shape index (κ1) is 24.1. The van der Waals surface area contributed by atoms with E-state index in [2.05, 4.69) is 31.2 Å². The van der Waals surface area contributed by atoms with Crippen LogP contribution in [-0.2, 0) is 17.8 Å². The second kappa shape index (κ2) is 11.4. The van der Waals surface area contributed by atoms with Gasteiger partial charge in [-0.25, -0.2) is 4.79 Å². The summed E-state index contributed by atoms with van der Waals surface area (Å²) < 4.78 is 16.8. The number of aryl methyl sites for hydroxylation is 2. The molecule has 4 aromatic carbocycles. The third kappa shape index (κ3) is 6.51. The first-order chi connectivity index (χ1) is 17.0. The Balaban J connectivity index is 1.32. The molecule has 4 heteroatoms. The first-order valence-corrected chi connectivity index (χ1v) is 11.7. The Kier molecular flexibility index (Phi) is 7.84. The highest BCUT2D eigenvalue weighted by Gasteiger charge is 2.09. The van der Waals surface area contributed by atoms with E-state index in [9.17, 15) is 4.79 Å². The molecule has 0 unspecified atom stereocenters. The van der Waals surface area contributed by atoms with Crippen LogP contribution >= 0.6 is 0 Å². The molecule has 4 rings (SSSR count). The minimum absolute atomic E-state index is 0.334. The fourth-order valence-corrected chi connectivity index (χ4v) is 3.88. The monoisotopic (exact) mass is 466 g/mol. The Morgan fingerprint density at radius 1 is 0.743 bits per heavy atom. The van der Waals surface area contributed by atoms with Crippen molar-refractivity contribution >= 4 is 5.97 Å². The molecule has 0 bridgehead atoms. The van der Waals surface area contributed by atoms with E-state index in [0.29, 0.717) is 18.8 Å². The molecule has 0 aliphatic heterocycles. The molecule has 0 aliphatic carbocycles. The van der Waals surface area contributed by atoms with Crippen LogP contribution in [0.5, 0.6) is 11.5 Å². The Morgan fingerprint density at radius 2 is 1.49 bits per heavy atom. The molecule has 0 spiro atoms. The smallest absolute Gasteiger partial charge is 0.337 e. The standard InChI is InChI=1S/C31H30O4/c1-22-7-9-24(10-8-22)17-18-34-28-14-11-25(12-15-28)21-35-29-6-4-5-26(20-29)30-16-13-27(19-23(30)2)31(32)33-3/h4-16,19-20H,17-18,21H2,1-3H3. The molecule has 0 radical (unpaired) electrons. The molecule has 35 heavy (non-hydrogen) atoms. The molecule has 0 N–H and O–H groups in total. The number of hydrogen-bond donors (Lipinski definition) is 0. The highest BCUT2D eigenvalue weighted by Crippen LogP contribution is 2.28. The minimum Gasteiger partial charge on any atom is -0.493 e. The van der Waals surface area contributed by atoms with E-state index in [4.69, 9.17) is 14.2 Å². The second-order valence-electron chi connectivity index (χ2n) is 8.57. The SMILES string of the molecule is COC(=O)c1ccc(-c2cccc(OCc3ccc(OCCc4ccc(C)cc4)cc3)c2)c(C)c1. The van der Waals surface area contributed by atoms with Gasteiger partial charge in [0.25, 0.3) is 0 Å². The summed E-state index contributed by atoms with van der Waals surface area (Å²) in [5, 5.41) is 0. The van der Waals surface area contributed by atoms with Gasteiger partial charge in [0.05, 0.1) is 19.3 Å². The minimum atomic E-state index is -0.334. The zero-order valence-corrected chi connectivity index (χ0v) is 20.4. The Hall–Kier alpha value is -4.05. The maximum atomic E-state index is 11.8. The number of rotatable bonds is 9. The van der Waals surface area contributed by atoms with Gasteiger partial charge < -0.3 is 14.2 Å². The van der Waals surface area contributed by atoms with Crippen molar-refractivity contribution in [3.05, 3.63) is 119 Å². The predicted molar refractivity (Wildman–Crippen MR) is 139 cm³/mol. The fraction of sp³-hybridized carbons (Fsp3) is 0.194. The van der Waals surface area contributed by atoms with Gasteiger partial charge in [-0.05, 0) is 78.1 Å². The van der Waals surface area contributed by atoms with E-state index in [1.54, 1.807) is 6.07 Å². The van der Waals surface area contributed by atoms with E-state index in [0.717, 1.165) is 40.2 Å². The van der Waals surface area contributed by atoms with Gasteiger partial charge >= 0.3 is 5.97 Å². The van der Waals surface area contributed by atoms with Crippen LogP contribution < -0.4 is 9.47 Å². The van der Waals surface area contributed by atoms with Crippen molar-refractivity contribution in [2.24, 2.45) is 0 Å². The second-order valence-corrected chi connectivity index (χ2v) is 8.57. The van der Waals surface area contributed by atoms with E-state index in [1.165, 1.54) is 18.2 Å². The van der Waals surface area contributed by atoms with Crippen molar-refractivity contribution in [1.29, 1.82) is 0 Å². The van der Waals surface area contributed by atoms with Crippen LogP contribution in [0, 0.1) is 13.8 Å². The Morgan fingerprint density at radius 3 is 2.20 bits per heavy atom. The number of benzene rings is 4. The maximum Gasteiger partial charge on any atom is 0.337 e. The van der Waals surface area contributed by atoms with Crippen LogP contribution in [0.25, 0.3) is 11.1 Å². The molecule has 4 nitrogen and oxygen atoms in total. The lowest BCUT2D eigenvalue weighted by atomic mass is 9.98. The summed E-state index contributed by atoms with van der Waals surface area (Å²) in [7, 11) is 1.39. The highest BCUT2D eigenvalue weighted by molar-refractivity contribution is 5.90. The molecular weight excluding hydrogens is 436 g/mol. The number of ether oxygens (including phenoxy) is 3. The van der Waals surface area contributed by atoms with Crippen LogP contribution in [0.1, 0.15) is 32.6 Å². The molecule has 0 atom stereocenters. The third-order valence-corrected chi connectivity index (χ3v) is 5.90. The summed E-state index contributed by atoms with van der Waals surface area (Å²) in [6.07, 6.45) is 0.881. The maximum absolute atomic E-state index is 11.8. The summed E-state index contributed by atoms with van der Waals surface area (Å²) in [6.45, 7) is 5.19. The first-order valence-electron chi connectivity index (χ1n) is 11.7. The number of carbonyl (C=O) groups is 1. The third-order valence-electron chi connectivity index (χ3n) is 5.90. The Bertz CT molecular complexity index is 1270. The molecule has 0 heterocycles. The van der Waals surface area contributed by atoms with Crippen molar-refractivity contribution in [2.75, 3.05) is 13.7 Å². The lowest BCUT2D eigenvalue weighted by Crippen LogP contribution is -2.02. The molecule has 178 valence electrons. The van der Waals surface area contributed by atoms with Crippen LogP contribution in [0.4, 0.5) is 0 Å². The van der Waals surface area contributed by atoms with Crippen molar-refractivity contribution in [3.63, 3.8) is 0 Å². The number of hydrogen-bond acceptors (Lipinski definition) is 4. The molecule has 0 saturated carbocycles. The van der Waals surface area contributed by atoms with Gasteiger partial charge in [-0.2, -0.15) is 0 Å². The molecule has 0 saturated heterocycles. The normalized spacial score (nSPS) is 10.6. The van der Waals surface area contributed by atoms with Gasteiger partial charge in [-0.15, -0.1) is 0 Å². The van der Waals surface area contributed by atoms with E-state index in [-0.39, 0.29) is 5.97 Å².